The van der Waals surface area contributed by atoms with Crippen molar-refractivity contribution in [2.75, 3.05) is 17.1 Å². The van der Waals surface area contributed by atoms with Crippen LogP contribution in [0.2, 0.25) is 15.1 Å². The molecule has 43 heavy (non-hydrogen) atoms. The standard InChI is InChI=1S/C31H33Cl3FN3O4S/c1-43(41,42)38(28-18-25(33)24(32)17-26(28)34)20-30(39)37(19-22-12-8-9-15-27(22)35)29(16-21-10-4-2-5-11-21)31(40)36-23-13-6-3-7-14-23/h2,4-5,8-12,15,17-18,23,29H,3,6-7,13-14,16,19-20H2,1H3,(H,36,40)/t29-/m1/s1. The van der Waals surface area contributed by atoms with Crippen LogP contribution in [0.15, 0.2) is 66.7 Å². The van der Waals surface area contributed by atoms with E-state index in [1.165, 1.54) is 35.2 Å². The first-order valence-corrected chi connectivity index (χ1v) is 16.9. The number of anilines is 1. The van der Waals surface area contributed by atoms with Gasteiger partial charge in [0.1, 0.15) is 18.4 Å². The Balaban J connectivity index is 1.76. The summed E-state index contributed by atoms with van der Waals surface area (Å²) in [4.78, 5) is 29.4. The van der Waals surface area contributed by atoms with Gasteiger partial charge in [0.15, 0.2) is 0 Å². The van der Waals surface area contributed by atoms with Crippen LogP contribution in [-0.2, 0) is 32.6 Å². The summed E-state index contributed by atoms with van der Waals surface area (Å²) in [6.45, 7) is -0.985. The van der Waals surface area contributed by atoms with E-state index >= 15 is 0 Å². The monoisotopic (exact) mass is 667 g/mol. The van der Waals surface area contributed by atoms with Crippen molar-refractivity contribution in [3.05, 3.63) is 98.7 Å². The van der Waals surface area contributed by atoms with Crippen molar-refractivity contribution >= 4 is 62.3 Å². The second kappa shape index (κ2) is 14.8. The van der Waals surface area contributed by atoms with Crippen molar-refractivity contribution in [1.29, 1.82) is 0 Å². The number of carbonyl (C=O) groups is 2. The molecule has 1 aliphatic carbocycles. The molecular formula is C31H33Cl3FN3O4S. The molecule has 1 fully saturated rings. The van der Waals surface area contributed by atoms with Gasteiger partial charge in [-0.3, -0.25) is 13.9 Å². The zero-order chi connectivity index (χ0) is 31.1. The first-order chi connectivity index (χ1) is 20.4. The van der Waals surface area contributed by atoms with Crippen molar-refractivity contribution in [3.63, 3.8) is 0 Å². The number of nitrogens with one attached hydrogen (secondary N) is 1. The maximum atomic E-state index is 14.9. The number of rotatable bonds is 11. The van der Waals surface area contributed by atoms with E-state index in [0.717, 1.165) is 48.2 Å². The van der Waals surface area contributed by atoms with Gasteiger partial charge in [0.05, 0.1) is 27.0 Å². The van der Waals surface area contributed by atoms with Crippen LogP contribution in [0.4, 0.5) is 10.1 Å². The Morgan fingerprint density at radius 2 is 1.56 bits per heavy atom. The van der Waals surface area contributed by atoms with Crippen LogP contribution in [0, 0.1) is 5.82 Å². The molecule has 0 bridgehead atoms. The van der Waals surface area contributed by atoms with Crippen LogP contribution in [0.5, 0.6) is 0 Å². The van der Waals surface area contributed by atoms with E-state index in [9.17, 15) is 22.4 Å². The zero-order valence-corrected chi connectivity index (χ0v) is 26.7. The molecule has 230 valence electrons. The van der Waals surface area contributed by atoms with Crippen LogP contribution >= 0.6 is 34.8 Å². The molecule has 3 aromatic rings. The Hall–Kier alpha value is -2.85. The van der Waals surface area contributed by atoms with Crippen LogP contribution < -0.4 is 9.62 Å². The first kappa shape index (κ1) is 33.1. The summed E-state index contributed by atoms with van der Waals surface area (Å²) in [6.07, 6.45) is 5.77. The van der Waals surface area contributed by atoms with Gasteiger partial charge in [-0.05, 0) is 36.6 Å². The maximum absolute atomic E-state index is 14.9. The lowest BCUT2D eigenvalue weighted by Gasteiger charge is -2.35. The lowest BCUT2D eigenvalue weighted by atomic mass is 9.94. The lowest BCUT2D eigenvalue weighted by molar-refractivity contribution is -0.140. The molecule has 1 saturated carbocycles. The molecular weight excluding hydrogens is 636 g/mol. The van der Waals surface area contributed by atoms with Crippen molar-refractivity contribution in [2.24, 2.45) is 0 Å². The predicted octanol–water partition coefficient (Wildman–Crippen LogP) is 6.64. The largest absolute Gasteiger partial charge is 0.352 e. The van der Waals surface area contributed by atoms with Gasteiger partial charge in [0.25, 0.3) is 0 Å². The maximum Gasteiger partial charge on any atom is 0.244 e. The normalized spacial score (nSPS) is 14.6. The quantitative estimate of drug-likeness (QED) is 0.232. The molecule has 0 unspecified atom stereocenters. The lowest BCUT2D eigenvalue weighted by Crippen LogP contribution is -2.55. The van der Waals surface area contributed by atoms with Gasteiger partial charge < -0.3 is 10.2 Å². The van der Waals surface area contributed by atoms with Crippen molar-refractivity contribution in [3.8, 4) is 0 Å². The number of carbonyl (C=O) groups excluding carboxylic acids is 2. The number of halogens is 4. The predicted molar refractivity (Wildman–Crippen MR) is 170 cm³/mol. The second-order valence-electron chi connectivity index (χ2n) is 10.6. The summed E-state index contributed by atoms with van der Waals surface area (Å²) >= 11 is 18.6. The molecule has 0 spiro atoms. The summed E-state index contributed by atoms with van der Waals surface area (Å²) in [5.74, 6) is -1.67. The van der Waals surface area contributed by atoms with Gasteiger partial charge >= 0.3 is 0 Å². The molecule has 2 amide bonds. The van der Waals surface area contributed by atoms with Gasteiger partial charge in [-0.2, -0.15) is 0 Å². The minimum Gasteiger partial charge on any atom is -0.352 e. The third-order valence-corrected chi connectivity index (χ3v) is 9.61. The number of sulfonamides is 1. The van der Waals surface area contributed by atoms with Gasteiger partial charge in [-0.15, -0.1) is 0 Å². The van der Waals surface area contributed by atoms with E-state index in [-0.39, 0.29) is 51.2 Å². The van der Waals surface area contributed by atoms with Crippen molar-refractivity contribution < 1.29 is 22.4 Å². The highest BCUT2D eigenvalue weighted by molar-refractivity contribution is 7.92. The Kier molecular flexibility index (Phi) is 11.3. The Labute approximate surface area is 267 Å². The molecule has 3 aromatic carbocycles. The minimum absolute atomic E-state index is 0.0378. The van der Waals surface area contributed by atoms with E-state index in [1.807, 2.05) is 30.3 Å². The Morgan fingerprint density at radius 3 is 2.21 bits per heavy atom. The average molecular weight is 669 g/mol. The molecule has 1 aliphatic rings. The van der Waals surface area contributed by atoms with Crippen LogP contribution in [0.3, 0.4) is 0 Å². The van der Waals surface area contributed by atoms with Gasteiger partial charge in [0.2, 0.25) is 21.8 Å². The van der Waals surface area contributed by atoms with Gasteiger partial charge in [-0.25, -0.2) is 12.8 Å². The fourth-order valence-electron chi connectivity index (χ4n) is 5.21. The molecule has 0 radical (unpaired) electrons. The molecule has 1 N–H and O–H groups in total. The highest BCUT2D eigenvalue weighted by atomic mass is 35.5. The van der Waals surface area contributed by atoms with E-state index in [4.69, 9.17) is 34.8 Å². The average Bonchev–Trinajstić information content (AvgIpc) is 2.97. The third kappa shape index (κ3) is 8.85. The molecule has 0 heterocycles. The van der Waals surface area contributed by atoms with Crippen molar-refractivity contribution in [1.82, 2.24) is 10.2 Å². The topological polar surface area (TPSA) is 86.8 Å². The fourth-order valence-corrected chi connectivity index (χ4v) is 6.75. The van der Waals surface area contributed by atoms with E-state index in [2.05, 4.69) is 5.32 Å². The minimum atomic E-state index is -4.08. The second-order valence-corrected chi connectivity index (χ2v) is 13.8. The number of hydrogen-bond acceptors (Lipinski definition) is 4. The number of nitrogens with zero attached hydrogens (tertiary/aromatic N) is 2. The highest BCUT2D eigenvalue weighted by Crippen LogP contribution is 2.36. The smallest absolute Gasteiger partial charge is 0.244 e. The molecule has 4 rings (SSSR count). The van der Waals surface area contributed by atoms with Crippen LogP contribution in [0.25, 0.3) is 0 Å². The van der Waals surface area contributed by atoms with Crippen LogP contribution in [-0.4, -0.2) is 50.0 Å². The third-order valence-electron chi connectivity index (χ3n) is 7.46. The summed E-state index contributed by atoms with van der Waals surface area (Å²) in [5.41, 5.74) is 0.909. The molecule has 7 nitrogen and oxygen atoms in total. The summed E-state index contributed by atoms with van der Waals surface area (Å²) in [6, 6.07) is 16.6. The van der Waals surface area contributed by atoms with E-state index < -0.39 is 34.3 Å². The number of benzene rings is 3. The SMILES string of the molecule is CS(=O)(=O)N(CC(=O)N(Cc1ccccc1F)[C@H](Cc1ccccc1)C(=O)NC1CCCCC1)c1cc(Cl)c(Cl)cc1Cl. The molecule has 12 heteroatoms. The van der Waals surface area contributed by atoms with Gasteiger partial charge in [-0.1, -0.05) is 103 Å². The Morgan fingerprint density at radius 1 is 0.930 bits per heavy atom. The van der Waals surface area contributed by atoms with Crippen LogP contribution in [0.1, 0.15) is 43.2 Å². The summed E-state index contributed by atoms with van der Waals surface area (Å²) < 4.78 is 41.7. The summed E-state index contributed by atoms with van der Waals surface area (Å²) in [5, 5.41) is 3.21. The van der Waals surface area contributed by atoms with Gasteiger partial charge in [0, 0.05) is 24.6 Å². The first-order valence-electron chi connectivity index (χ1n) is 13.9. The van der Waals surface area contributed by atoms with E-state index in [1.54, 1.807) is 6.07 Å². The molecule has 0 aliphatic heterocycles. The number of amides is 2. The summed E-state index contributed by atoms with van der Waals surface area (Å²) in [7, 11) is -4.08. The van der Waals surface area contributed by atoms with Crippen molar-refractivity contribution in [2.45, 2.75) is 57.2 Å². The van der Waals surface area contributed by atoms with E-state index in [0.29, 0.717) is 0 Å². The Bertz CT molecular complexity index is 1550. The fraction of sp³-hybridized carbons (Fsp3) is 0.355. The molecule has 0 aromatic heterocycles. The number of hydrogen-bond donors (Lipinski definition) is 1. The highest BCUT2D eigenvalue weighted by Gasteiger charge is 2.35. The molecule has 1 atom stereocenters. The zero-order valence-electron chi connectivity index (χ0n) is 23.6. The molecule has 0 saturated heterocycles.